The van der Waals surface area contributed by atoms with Crippen LogP contribution in [0, 0.1) is 11.3 Å². The summed E-state index contributed by atoms with van der Waals surface area (Å²) in [5.41, 5.74) is 1.68. The van der Waals surface area contributed by atoms with Crippen LogP contribution >= 0.6 is 0 Å². The average Bonchev–Trinajstić information content (AvgIpc) is 2.86. The molecule has 0 radical (unpaired) electrons. The molecule has 88 valence electrons. The molecule has 1 aromatic heterocycles. The SMILES string of the molecule is N#Cc1ccncc1N1CCOC2CCCC21. The fraction of sp³-hybridized carbons (Fsp3) is 0.538. The quantitative estimate of drug-likeness (QED) is 0.735. The molecule has 1 saturated heterocycles. The van der Waals surface area contributed by atoms with E-state index in [2.05, 4.69) is 16.0 Å². The minimum Gasteiger partial charge on any atom is -0.374 e. The first-order chi connectivity index (χ1) is 8.40. The molecule has 1 saturated carbocycles. The summed E-state index contributed by atoms with van der Waals surface area (Å²) in [6.45, 7) is 1.61. The Morgan fingerprint density at radius 2 is 2.41 bits per heavy atom. The van der Waals surface area contributed by atoms with Gasteiger partial charge in [0, 0.05) is 12.7 Å². The second-order valence-electron chi connectivity index (χ2n) is 4.61. The number of morpholine rings is 1. The lowest BCUT2D eigenvalue weighted by Crippen LogP contribution is -2.49. The molecule has 2 unspecified atom stereocenters. The van der Waals surface area contributed by atoms with E-state index >= 15 is 0 Å². The van der Waals surface area contributed by atoms with Gasteiger partial charge in [0.25, 0.3) is 0 Å². The molecule has 0 N–H and O–H groups in total. The highest BCUT2D eigenvalue weighted by atomic mass is 16.5. The van der Waals surface area contributed by atoms with Gasteiger partial charge in [0.05, 0.1) is 36.2 Å². The third-order valence-electron chi connectivity index (χ3n) is 3.71. The third-order valence-corrected chi connectivity index (χ3v) is 3.71. The Balaban J connectivity index is 1.95. The average molecular weight is 229 g/mol. The molecule has 1 aliphatic carbocycles. The van der Waals surface area contributed by atoms with Crippen LogP contribution in [-0.2, 0) is 4.74 Å². The molecule has 17 heavy (non-hydrogen) atoms. The van der Waals surface area contributed by atoms with E-state index in [0.29, 0.717) is 17.7 Å². The largest absolute Gasteiger partial charge is 0.374 e. The molecule has 3 rings (SSSR count). The van der Waals surface area contributed by atoms with Crippen LogP contribution in [0.4, 0.5) is 5.69 Å². The zero-order valence-electron chi connectivity index (χ0n) is 9.67. The second-order valence-corrected chi connectivity index (χ2v) is 4.61. The zero-order chi connectivity index (χ0) is 11.7. The number of hydrogen-bond acceptors (Lipinski definition) is 4. The van der Waals surface area contributed by atoms with Gasteiger partial charge in [-0.25, -0.2) is 0 Å². The molecule has 0 bridgehead atoms. The predicted octanol–water partition coefficient (Wildman–Crippen LogP) is 1.71. The molecule has 0 spiro atoms. The highest BCUT2D eigenvalue weighted by Crippen LogP contribution is 2.33. The summed E-state index contributed by atoms with van der Waals surface area (Å²) < 4.78 is 5.78. The van der Waals surface area contributed by atoms with Crippen LogP contribution < -0.4 is 4.90 Å². The van der Waals surface area contributed by atoms with Gasteiger partial charge in [0.15, 0.2) is 0 Å². The minimum absolute atomic E-state index is 0.343. The van der Waals surface area contributed by atoms with Crippen molar-refractivity contribution < 1.29 is 4.74 Å². The van der Waals surface area contributed by atoms with Gasteiger partial charge in [-0.1, -0.05) is 0 Å². The van der Waals surface area contributed by atoms with E-state index in [9.17, 15) is 0 Å². The number of pyridine rings is 1. The molecular formula is C13H15N3O. The number of ether oxygens (including phenoxy) is 1. The Morgan fingerprint density at radius 1 is 1.47 bits per heavy atom. The van der Waals surface area contributed by atoms with Crippen molar-refractivity contribution in [2.75, 3.05) is 18.1 Å². The maximum atomic E-state index is 9.15. The van der Waals surface area contributed by atoms with Gasteiger partial charge in [-0.2, -0.15) is 5.26 Å². The van der Waals surface area contributed by atoms with Crippen LogP contribution in [0.3, 0.4) is 0 Å². The van der Waals surface area contributed by atoms with Crippen molar-refractivity contribution in [1.82, 2.24) is 4.98 Å². The molecule has 0 aromatic carbocycles. The zero-order valence-corrected chi connectivity index (χ0v) is 9.67. The number of hydrogen-bond donors (Lipinski definition) is 0. The molecule has 0 amide bonds. The van der Waals surface area contributed by atoms with Gasteiger partial charge in [-0.3, -0.25) is 4.98 Å². The Kier molecular flexibility index (Phi) is 2.69. The second kappa shape index (κ2) is 4.34. The van der Waals surface area contributed by atoms with Gasteiger partial charge in [0.1, 0.15) is 6.07 Å². The maximum absolute atomic E-state index is 9.15. The van der Waals surface area contributed by atoms with Crippen molar-refractivity contribution in [1.29, 1.82) is 5.26 Å². The first-order valence-corrected chi connectivity index (χ1v) is 6.12. The fourth-order valence-electron chi connectivity index (χ4n) is 2.93. The van der Waals surface area contributed by atoms with Crippen LogP contribution in [0.2, 0.25) is 0 Å². The van der Waals surface area contributed by atoms with Crippen molar-refractivity contribution >= 4 is 5.69 Å². The Labute approximate surface area is 101 Å². The van der Waals surface area contributed by atoms with Gasteiger partial charge in [-0.15, -0.1) is 0 Å². The first-order valence-electron chi connectivity index (χ1n) is 6.12. The number of fused-ring (bicyclic) bond motifs is 1. The highest BCUT2D eigenvalue weighted by Gasteiger charge is 2.36. The van der Waals surface area contributed by atoms with Crippen molar-refractivity contribution in [3.8, 4) is 6.07 Å². The van der Waals surface area contributed by atoms with Crippen molar-refractivity contribution in [3.63, 3.8) is 0 Å². The van der Waals surface area contributed by atoms with Gasteiger partial charge in [0.2, 0.25) is 0 Å². The molecule has 1 aromatic rings. The summed E-state index contributed by atoms with van der Waals surface area (Å²) in [4.78, 5) is 6.46. The third kappa shape index (κ3) is 1.77. The lowest BCUT2D eigenvalue weighted by molar-refractivity contribution is 0.0256. The molecule has 4 heteroatoms. The molecule has 2 fully saturated rings. The molecule has 2 aliphatic rings. The van der Waals surface area contributed by atoms with Crippen molar-refractivity contribution in [2.24, 2.45) is 0 Å². The topological polar surface area (TPSA) is 49.2 Å². The standard InChI is InChI=1S/C13H15N3O/c14-8-10-4-5-15-9-12(10)16-6-7-17-13-3-1-2-11(13)16/h4-5,9,11,13H,1-3,6-7H2. The maximum Gasteiger partial charge on any atom is 0.101 e. The Bertz CT molecular complexity index is 454. The van der Waals surface area contributed by atoms with E-state index in [-0.39, 0.29) is 0 Å². The summed E-state index contributed by atoms with van der Waals surface area (Å²) in [7, 11) is 0. The van der Waals surface area contributed by atoms with E-state index in [0.717, 1.165) is 31.7 Å². The van der Waals surface area contributed by atoms with Gasteiger partial charge >= 0.3 is 0 Å². The van der Waals surface area contributed by atoms with Crippen molar-refractivity contribution in [3.05, 3.63) is 24.0 Å². The minimum atomic E-state index is 0.343. The Morgan fingerprint density at radius 3 is 3.29 bits per heavy atom. The smallest absolute Gasteiger partial charge is 0.101 e. The molecule has 1 aliphatic heterocycles. The number of rotatable bonds is 1. The highest BCUT2D eigenvalue weighted by molar-refractivity contribution is 5.58. The summed E-state index contributed by atoms with van der Waals surface area (Å²) in [5, 5.41) is 9.15. The summed E-state index contributed by atoms with van der Waals surface area (Å²) in [6, 6.07) is 4.47. The van der Waals surface area contributed by atoms with Gasteiger partial charge in [-0.05, 0) is 25.3 Å². The van der Waals surface area contributed by atoms with E-state index in [4.69, 9.17) is 10.00 Å². The molecule has 4 nitrogen and oxygen atoms in total. The van der Waals surface area contributed by atoms with E-state index < -0.39 is 0 Å². The summed E-state index contributed by atoms with van der Waals surface area (Å²) in [5.74, 6) is 0. The molecular weight excluding hydrogens is 214 g/mol. The van der Waals surface area contributed by atoms with E-state index in [1.165, 1.54) is 6.42 Å². The first kappa shape index (κ1) is 10.5. The van der Waals surface area contributed by atoms with Crippen LogP contribution in [0.15, 0.2) is 18.5 Å². The van der Waals surface area contributed by atoms with Crippen LogP contribution in [0.25, 0.3) is 0 Å². The van der Waals surface area contributed by atoms with Crippen LogP contribution in [-0.4, -0.2) is 30.3 Å². The van der Waals surface area contributed by atoms with Crippen LogP contribution in [0.1, 0.15) is 24.8 Å². The van der Waals surface area contributed by atoms with Gasteiger partial charge < -0.3 is 9.64 Å². The monoisotopic (exact) mass is 229 g/mol. The number of nitrogens with zero attached hydrogens (tertiary/aromatic N) is 3. The molecule has 2 atom stereocenters. The normalized spacial score (nSPS) is 27.6. The lowest BCUT2D eigenvalue weighted by atomic mass is 10.1. The Hall–Kier alpha value is -1.60. The number of aromatic nitrogens is 1. The molecule has 2 heterocycles. The van der Waals surface area contributed by atoms with Crippen molar-refractivity contribution in [2.45, 2.75) is 31.4 Å². The summed E-state index contributed by atoms with van der Waals surface area (Å²) >= 11 is 0. The number of nitriles is 1. The van der Waals surface area contributed by atoms with E-state index in [1.807, 2.05) is 0 Å². The number of anilines is 1. The van der Waals surface area contributed by atoms with E-state index in [1.54, 1.807) is 18.5 Å². The predicted molar refractivity (Wildman–Crippen MR) is 63.7 cm³/mol. The summed E-state index contributed by atoms with van der Waals surface area (Å²) in [6.07, 6.45) is 7.34. The fourth-order valence-corrected chi connectivity index (χ4v) is 2.93. The van der Waals surface area contributed by atoms with Crippen LogP contribution in [0.5, 0.6) is 0 Å². The lowest BCUT2D eigenvalue weighted by Gasteiger charge is -2.39.